The number of hydrogen-bond acceptors (Lipinski definition) is 8. The van der Waals surface area contributed by atoms with Crippen LogP contribution >= 0.6 is 0 Å². The van der Waals surface area contributed by atoms with Gasteiger partial charge in [-0.2, -0.15) is 0 Å². The van der Waals surface area contributed by atoms with Gasteiger partial charge in [-0.05, 0) is 124 Å². The lowest BCUT2D eigenvalue weighted by molar-refractivity contribution is -0.146. The molecular weight excluding hydrogens is 1260 g/mol. The van der Waals surface area contributed by atoms with Gasteiger partial charge in [-0.3, -0.25) is 9.59 Å². The predicted molar refractivity (Wildman–Crippen MR) is 413 cm³/mol. The van der Waals surface area contributed by atoms with Crippen LogP contribution in [0, 0.1) is 5.92 Å². The molecule has 4 aliphatic rings. The number of nitrogens with one attached hydrogen (secondary N) is 4. The number of aromatic amines is 4. The lowest BCUT2D eigenvalue weighted by atomic mass is 9.85. The Kier molecular flexibility index (Phi) is 23.7. The maximum absolute atomic E-state index is 12.7. The number of H-pyrrole nitrogens is 4. The molecule has 4 atom stereocenters. The first-order valence-corrected chi connectivity index (χ1v) is 32.7. The van der Waals surface area contributed by atoms with Crippen molar-refractivity contribution in [1.82, 2.24) is 19.9 Å². The number of aliphatic hydroxyl groups is 1. The molecule has 1 fully saturated rings. The van der Waals surface area contributed by atoms with Crippen LogP contribution in [0.15, 0.2) is 223 Å². The minimum Gasteiger partial charge on any atom is -0.479 e. The van der Waals surface area contributed by atoms with E-state index in [0.717, 1.165) is 131 Å². The molecule has 0 spiro atoms. The molecular formula is C88H92N4O9. The Morgan fingerprint density at radius 2 is 0.990 bits per heavy atom. The smallest absolute Gasteiger partial charge is 0.340 e. The first-order valence-electron chi connectivity index (χ1n) is 32.7. The van der Waals surface area contributed by atoms with E-state index >= 15 is 0 Å². The lowest BCUT2D eigenvalue weighted by Gasteiger charge is -2.20. The van der Waals surface area contributed by atoms with Crippen LogP contribution in [-0.2, 0) is 46.4 Å². The summed E-state index contributed by atoms with van der Waals surface area (Å²) in [6, 6.07) is 64.8. The lowest BCUT2D eigenvalue weighted by Crippen LogP contribution is -2.22. The summed E-state index contributed by atoms with van der Waals surface area (Å²) in [7, 11) is 3.15. The van der Waals surface area contributed by atoms with E-state index < -0.39 is 12.1 Å². The molecule has 0 aliphatic heterocycles. The third-order valence-electron chi connectivity index (χ3n) is 19.5. The number of carboxylic acids is 1. The van der Waals surface area contributed by atoms with E-state index in [4.69, 9.17) is 19.0 Å². The molecule has 5 heterocycles. The van der Waals surface area contributed by atoms with Crippen molar-refractivity contribution >= 4 is 95.8 Å². The van der Waals surface area contributed by atoms with Crippen LogP contribution in [0.1, 0.15) is 173 Å². The Morgan fingerprint density at radius 1 is 0.535 bits per heavy atom. The van der Waals surface area contributed by atoms with Gasteiger partial charge in [-0.15, -0.1) is 0 Å². The molecule has 17 rings (SSSR count). The molecule has 0 saturated heterocycles. The Labute approximate surface area is 591 Å². The van der Waals surface area contributed by atoms with Gasteiger partial charge in [0.15, 0.2) is 18.7 Å². The molecule has 13 nitrogen and oxygen atoms in total. The number of carboxylic acid groups (broad SMARTS) is 1. The summed E-state index contributed by atoms with van der Waals surface area (Å²) in [4.78, 5) is 60.8. The van der Waals surface area contributed by atoms with Gasteiger partial charge in [-0.25, -0.2) is 9.59 Å². The van der Waals surface area contributed by atoms with E-state index in [-0.39, 0.29) is 67.5 Å². The van der Waals surface area contributed by atoms with Crippen molar-refractivity contribution in [1.29, 1.82) is 0 Å². The molecule has 13 aromatic rings. The van der Waals surface area contributed by atoms with Crippen molar-refractivity contribution in [3.05, 3.63) is 303 Å². The molecule has 13 heteroatoms. The number of aromatic nitrogens is 4. The Morgan fingerprint density at radius 3 is 1.56 bits per heavy atom. The highest BCUT2D eigenvalue weighted by Crippen LogP contribution is 2.53. The number of carbonyl (C=O) groups excluding carboxylic acids is 3. The van der Waals surface area contributed by atoms with E-state index in [9.17, 15) is 24.3 Å². The molecule has 4 unspecified atom stereocenters. The molecule has 0 radical (unpaired) electrons. The highest BCUT2D eigenvalue weighted by Gasteiger charge is 2.40. The molecule has 1 saturated carbocycles. The van der Waals surface area contributed by atoms with E-state index in [1.54, 1.807) is 13.4 Å². The summed E-state index contributed by atoms with van der Waals surface area (Å²) >= 11 is 0. The van der Waals surface area contributed by atoms with Crippen LogP contribution in [0.2, 0.25) is 0 Å². The first-order chi connectivity index (χ1) is 47.0. The fourth-order valence-corrected chi connectivity index (χ4v) is 14.6. The summed E-state index contributed by atoms with van der Waals surface area (Å²) in [5, 5.41) is 23.9. The Hall–Kier alpha value is -11.1. The van der Waals surface area contributed by atoms with Gasteiger partial charge in [0.25, 0.3) is 0 Å². The van der Waals surface area contributed by atoms with E-state index in [1.165, 1.54) is 64.5 Å². The van der Waals surface area contributed by atoms with Gasteiger partial charge in [0.1, 0.15) is 11.7 Å². The first kappa shape index (κ1) is 74.1. The second-order valence-electron chi connectivity index (χ2n) is 25.0. The number of furan rings is 1. The van der Waals surface area contributed by atoms with Crippen LogP contribution in [-0.4, -0.2) is 75.0 Å². The fourth-order valence-electron chi connectivity index (χ4n) is 14.6. The zero-order valence-electron chi connectivity index (χ0n) is 53.5. The number of methoxy groups -OCH3 is 2. The summed E-state index contributed by atoms with van der Waals surface area (Å²) < 4.78 is 16.6. The van der Waals surface area contributed by atoms with E-state index in [0.29, 0.717) is 23.5 Å². The summed E-state index contributed by atoms with van der Waals surface area (Å²) in [5.41, 5.74) is 24.1. The molecule has 4 aliphatic carbocycles. The number of aliphatic hydroxyl groups excluding tert-OH is 1. The predicted octanol–water partition coefficient (Wildman–Crippen LogP) is 20.8. The number of aliphatic carboxylic acids is 1. The molecule has 5 aromatic heterocycles. The molecule has 0 amide bonds. The van der Waals surface area contributed by atoms with Crippen molar-refractivity contribution in [2.75, 3.05) is 14.2 Å². The number of para-hydroxylation sites is 5. The van der Waals surface area contributed by atoms with Crippen molar-refractivity contribution in [2.24, 2.45) is 5.92 Å². The quantitative estimate of drug-likeness (QED) is 0.0402. The zero-order valence-corrected chi connectivity index (χ0v) is 53.5. The second kappa shape index (κ2) is 32.3. The molecule has 101 heavy (non-hydrogen) atoms. The SMILES string of the molecule is C.C.C.C.C.CC(c1[nH]c2ccccc2c1C=O)c1coc2ccccc12.COC(=O)c1c(C(C2=CCc3ccccc32)C2CC2)[nH]c2ccccc12.COC(C1=CCc2ccccc21)c1[nH]c2ccccc2c1C=O.O=C(O)C(O)Cc1c(CC2=CCc3ccccc32)[nH]c2ccccc12. The number of hydrogen-bond donors (Lipinski definition) is 6. The van der Waals surface area contributed by atoms with Crippen molar-refractivity contribution in [3.63, 3.8) is 0 Å². The largest absolute Gasteiger partial charge is 0.479 e. The number of aldehydes is 2. The van der Waals surface area contributed by atoms with Gasteiger partial charge < -0.3 is 44.0 Å². The standard InChI is InChI=1S/C23H21NO2.C21H19NO3.C20H17NO2.C19H15NO2.5CH4/c1-26-23(25)21-18-8-4-5-9-19(18)24-22(21)20(15-10-11-15)17-13-12-14-6-2-3-7-16(14)17;23-20(21(24)25)12-17-16-7-3-4-8-18(16)22-19(17)11-14-10-9-13-5-1-2-6-15(13)14;1-23-20(16-11-10-13-6-2-3-7-14(13)16)19-17(12-22)15-8-4-5-9-18(15)21-19;1-12(16-11-22-18-9-5-3-7-14(16)18)19-15(10-21)13-6-2-4-8-17(13)20-19;;;;;/h2-9,13,15,20,24H,10-12H2,1H3;1-8,10,20,22-23H,9,11-12H2,(H,24,25);2-9,11-12,20-21H,10H2,1H3;2-12,20H,1H3;5*1H4. The average Bonchev–Trinajstić information content (AvgIpc) is 1.59. The second-order valence-corrected chi connectivity index (χ2v) is 25.0. The van der Waals surface area contributed by atoms with Crippen molar-refractivity contribution in [3.8, 4) is 0 Å². The topological polar surface area (TPSA) is 203 Å². The average molecular weight is 1350 g/mol. The number of carbonyl (C=O) groups is 4. The van der Waals surface area contributed by atoms with Gasteiger partial charge >= 0.3 is 11.9 Å². The van der Waals surface area contributed by atoms with Gasteiger partial charge in [-0.1, -0.05) is 226 Å². The number of benzene rings is 8. The number of rotatable bonds is 16. The fraction of sp³-hybridized carbons (Fsp3) is 0.227. The third-order valence-corrected chi connectivity index (χ3v) is 19.5. The maximum atomic E-state index is 12.7. The minimum absolute atomic E-state index is 0. The highest BCUT2D eigenvalue weighted by molar-refractivity contribution is 6.07. The Bertz CT molecular complexity index is 5210. The summed E-state index contributed by atoms with van der Waals surface area (Å²) in [6.45, 7) is 2.09. The molecule has 518 valence electrons. The normalized spacial score (nSPS) is 14.0. The van der Waals surface area contributed by atoms with Crippen LogP contribution in [0.25, 0.3) is 71.3 Å². The summed E-state index contributed by atoms with van der Waals surface area (Å²) in [5.74, 6) is -0.586. The van der Waals surface area contributed by atoms with Crippen molar-refractivity contribution in [2.45, 2.75) is 113 Å². The molecule has 0 bridgehead atoms. The number of allylic oxidation sites excluding steroid dienone is 5. The number of fused-ring (bicyclic) bond motifs is 8. The molecule has 8 aromatic carbocycles. The monoisotopic (exact) mass is 1350 g/mol. The highest BCUT2D eigenvalue weighted by atomic mass is 16.5. The zero-order chi connectivity index (χ0) is 66.0. The van der Waals surface area contributed by atoms with E-state index in [1.807, 2.05) is 140 Å². The maximum Gasteiger partial charge on any atom is 0.340 e. The van der Waals surface area contributed by atoms with Crippen LogP contribution < -0.4 is 0 Å². The number of ether oxygens (including phenoxy) is 2. The third kappa shape index (κ3) is 14.4. The van der Waals surface area contributed by atoms with E-state index in [2.05, 4.69) is 99.7 Å². The van der Waals surface area contributed by atoms with Gasteiger partial charge in [0.05, 0.1) is 24.6 Å². The van der Waals surface area contributed by atoms with Crippen LogP contribution in [0.3, 0.4) is 0 Å². The van der Waals surface area contributed by atoms with Crippen LogP contribution in [0.4, 0.5) is 0 Å². The van der Waals surface area contributed by atoms with Gasteiger partial charge in [0.2, 0.25) is 0 Å². The minimum atomic E-state index is -1.40. The Balaban J connectivity index is 0.000000155. The van der Waals surface area contributed by atoms with Crippen molar-refractivity contribution < 1.29 is 43.3 Å². The number of esters is 1. The van der Waals surface area contributed by atoms with Crippen LogP contribution in [0.5, 0.6) is 0 Å². The summed E-state index contributed by atoms with van der Waals surface area (Å²) in [6.07, 6.45) is 14.8. The molecule has 6 N–H and O–H groups in total. The van der Waals surface area contributed by atoms with Gasteiger partial charge in [0, 0.05) is 115 Å².